The van der Waals surface area contributed by atoms with Crippen molar-refractivity contribution >= 4 is 5.97 Å². The first-order valence-electron chi connectivity index (χ1n) is 5.97. The van der Waals surface area contributed by atoms with E-state index in [4.69, 9.17) is 14.2 Å². The Balaban J connectivity index is 2.78. The van der Waals surface area contributed by atoms with Crippen LogP contribution < -0.4 is 0 Å². The SMILES string of the molecule is C=C(C)C(=O)OC1(OC(C)(C)C)CCCCO1. The van der Waals surface area contributed by atoms with Gasteiger partial charge in [0, 0.05) is 12.0 Å². The molecule has 0 aromatic heterocycles. The largest absolute Gasteiger partial charge is 0.404 e. The van der Waals surface area contributed by atoms with Crippen LogP contribution in [0.5, 0.6) is 0 Å². The Morgan fingerprint density at radius 1 is 1.35 bits per heavy atom. The van der Waals surface area contributed by atoms with Crippen LogP contribution in [0.25, 0.3) is 0 Å². The number of hydrogen-bond donors (Lipinski definition) is 0. The molecule has 0 amide bonds. The van der Waals surface area contributed by atoms with Gasteiger partial charge in [-0.25, -0.2) is 4.79 Å². The van der Waals surface area contributed by atoms with Gasteiger partial charge in [-0.05, 0) is 40.5 Å². The summed E-state index contributed by atoms with van der Waals surface area (Å²) < 4.78 is 16.7. The normalized spacial score (nSPS) is 25.4. The Morgan fingerprint density at radius 2 is 2.00 bits per heavy atom. The van der Waals surface area contributed by atoms with E-state index in [1.54, 1.807) is 6.92 Å². The molecule has 4 heteroatoms. The van der Waals surface area contributed by atoms with Gasteiger partial charge in [0.25, 0.3) is 0 Å². The molecule has 0 saturated carbocycles. The van der Waals surface area contributed by atoms with Gasteiger partial charge in [-0.15, -0.1) is 0 Å². The molecule has 17 heavy (non-hydrogen) atoms. The van der Waals surface area contributed by atoms with Gasteiger partial charge in [0.05, 0.1) is 12.2 Å². The van der Waals surface area contributed by atoms with Crippen molar-refractivity contribution in [2.75, 3.05) is 6.61 Å². The van der Waals surface area contributed by atoms with Crippen LogP contribution in [-0.2, 0) is 19.0 Å². The maximum atomic E-state index is 11.6. The van der Waals surface area contributed by atoms with Crippen LogP contribution in [-0.4, -0.2) is 24.2 Å². The van der Waals surface area contributed by atoms with Gasteiger partial charge in [-0.1, -0.05) is 6.58 Å². The molecule has 0 spiro atoms. The van der Waals surface area contributed by atoms with Crippen molar-refractivity contribution in [2.24, 2.45) is 0 Å². The summed E-state index contributed by atoms with van der Waals surface area (Å²) in [7, 11) is 0. The van der Waals surface area contributed by atoms with E-state index in [1.165, 1.54) is 0 Å². The van der Waals surface area contributed by atoms with Gasteiger partial charge in [-0.3, -0.25) is 0 Å². The zero-order valence-electron chi connectivity index (χ0n) is 11.2. The lowest BCUT2D eigenvalue weighted by Gasteiger charge is -2.40. The maximum Gasteiger partial charge on any atom is 0.337 e. The van der Waals surface area contributed by atoms with E-state index >= 15 is 0 Å². The summed E-state index contributed by atoms with van der Waals surface area (Å²) in [5.41, 5.74) is -0.0942. The molecular weight excluding hydrogens is 220 g/mol. The summed E-state index contributed by atoms with van der Waals surface area (Å²) in [4.78, 5) is 11.6. The lowest BCUT2D eigenvalue weighted by Crippen LogP contribution is -2.48. The molecule has 1 atom stereocenters. The Bertz CT molecular complexity index is 295. The highest BCUT2D eigenvalue weighted by molar-refractivity contribution is 5.87. The van der Waals surface area contributed by atoms with Crippen LogP contribution in [0.3, 0.4) is 0 Å². The Labute approximate surface area is 103 Å². The highest BCUT2D eigenvalue weighted by Crippen LogP contribution is 2.32. The van der Waals surface area contributed by atoms with Crippen molar-refractivity contribution in [3.8, 4) is 0 Å². The third kappa shape index (κ3) is 4.48. The summed E-state index contributed by atoms with van der Waals surface area (Å²) in [5, 5.41) is 0. The number of rotatable bonds is 3. The Hall–Kier alpha value is -0.870. The predicted octanol–water partition coefficient (Wildman–Crippen LogP) is 2.78. The molecule has 1 rings (SSSR count). The van der Waals surface area contributed by atoms with E-state index in [1.807, 2.05) is 20.8 Å². The average Bonchev–Trinajstić information content (AvgIpc) is 2.15. The van der Waals surface area contributed by atoms with Gasteiger partial charge in [0.1, 0.15) is 0 Å². The minimum Gasteiger partial charge on any atom is -0.404 e. The maximum absolute atomic E-state index is 11.6. The lowest BCUT2D eigenvalue weighted by molar-refractivity contribution is -0.398. The fourth-order valence-electron chi connectivity index (χ4n) is 1.62. The number of hydrogen-bond acceptors (Lipinski definition) is 4. The highest BCUT2D eigenvalue weighted by Gasteiger charge is 2.42. The third-order valence-corrected chi connectivity index (χ3v) is 2.26. The molecule has 1 heterocycles. The van der Waals surface area contributed by atoms with Crippen LogP contribution in [0.1, 0.15) is 47.0 Å². The van der Waals surface area contributed by atoms with Crippen molar-refractivity contribution < 1.29 is 19.0 Å². The standard InChI is InChI=1S/C13H22O4/c1-10(2)11(14)16-13(17-12(3,4)5)8-6-7-9-15-13/h1,6-9H2,2-5H3. The minimum atomic E-state index is -1.24. The summed E-state index contributed by atoms with van der Waals surface area (Å²) in [6, 6.07) is 0. The van der Waals surface area contributed by atoms with Gasteiger partial charge >= 0.3 is 11.9 Å². The fraction of sp³-hybridized carbons (Fsp3) is 0.769. The van der Waals surface area contributed by atoms with Gasteiger partial charge < -0.3 is 14.2 Å². The number of carbonyl (C=O) groups excluding carboxylic acids is 1. The van der Waals surface area contributed by atoms with Gasteiger partial charge in [-0.2, -0.15) is 0 Å². The Kier molecular flexibility index (Phi) is 4.33. The molecule has 1 aliphatic rings. The topological polar surface area (TPSA) is 44.8 Å². The van der Waals surface area contributed by atoms with Crippen LogP contribution in [0.4, 0.5) is 0 Å². The van der Waals surface area contributed by atoms with E-state index in [9.17, 15) is 4.79 Å². The quantitative estimate of drug-likeness (QED) is 0.433. The first kappa shape index (κ1) is 14.2. The zero-order valence-corrected chi connectivity index (χ0v) is 11.2. The molecule has 1 saturated heterocycles. The van der Waals surface area contributed by atoms with Crippen LogP contribution in [0.2, 0.25) is 0 Å². The van der Waals surface area contributed by atoms with Crippen LogP contribution in [0, 0.1) is 0 Å². The first-order valence-corrected chi connectivity index (χ1v) is 5.97. The molecule has 1 fully saturated rings. The predicted molar refractivity (Wildman–Crippen MR) is 64.3 cm³/mol. The highest BCUT2D eigenvalue weighted by atomic mass is 16.9. The van der Waals surface area contributed by atoms with Gasteiger partial charge in [0.2, 0.25) is 0 Å². The molecule has 1 aliphatic heterocycles. The second-order valence-corrected chi connectivity index (χ2v) is 5.37. The van der Waals surface area contributed by atoms with Crippen molar-refractivity contribution in [3.63, 3.8) is 0 Å². The summed E-state index contributed by atoms with van der Waals surface area (Å²) in [6.45, 7) is 11.4. The lowest BCUT2D eigenvalue weighted by atomic mass is 10.1. The van der Waals surface area contributed by atoms with Crippen molar-refractivity contribution in [1.29, 1.82) is 0 Å². The van der Waals surface area contributed by atoms with Crippen LogP contribution in [0.15, 0.2) is 12.2 Å². The molecule has 0 aromatic rings. The smallest absolute Gasteiger partial charge is 0.337 e. The second-order valence-electron chi connectivity index (χ2n) is 5.37. The fourth-order valence-corrected chi connectivity index (χ4v) is 1.62. The summed E-state index contributed by atoms with van der Waals surface area (Å²) in [6.07, 6.45) is 2.43. The van der Waals surface area contributed by atoms with E-state index in [-0.39, 0.29) is 0 Å². The molecule has 0 N–H and O–H groups in total. The second kappa shape index (κ2) is 5.19. The number of carbonyl (C=O) groups is 1. The molecule has 0 radical (unpaired) electrons. The minimum absolute atomic E-state index is 0.344. The molecule has 0 aliphatic carbocycles. The molecule has 98 valence electrons. The van der Waals surface area contributed by atoms with Gasteiger partial charge in [0.15, 0.2) is 0 Å². The molecule has 0 bridgehead atoms. The zero-order chi connectivity index (χ0) is 13.1. The van der Waals surface area contributed by atoms with Crippen molar-refractivity contribution in [1.82, 2.24) is 0 Å². The molecule has 0 aromatic carbocycles. The first-order chi connectivity index (χ1) is 7.74. The van der Waals surface area contributed by atoms with E-state index in [2.05, 4.69) is 6.58 Å². The molecule has 4 nitrogen and oxygen atoms in total. The van der Waals surface area contributed by atoms with Crippen molar-refractivity contribution in [2.45, 2.75) is 58.5 Å². The molecular formula is C13H22O4. The monoisotopic (exact) mass is 242 g/mol. The number of ether oxygens (including phenoxy) is 3. The Morgan fingerprint density at radius 3 is 2.41 bits per heavy atom. The van der Waals surface area contributed by atoms with E-state index in [0.29, 0.717) is 18.6 Å². The van der Waals surface area contributed by atoms with E-state index in [0.717, 1.165) is 12.8 Å². The average molecular weight is 242 g/mol. The summed E-state index contributed by atoms with van der Waals surface area (Å²) >= 11 is 0. The number of esters is 1. The van der Waals surface area contributed by atoms with E-state index < -0.39 is 17.5 Å². The molecule has 1 unspecified atom stereocenters. The van der Waals surface area contributed by atoms with Crippen molar-refractivity contribution in [3.05, 3.63) is 12.2 Å². The third-order valence-electron chi connectivity index (χ3n) is 2.26. The summed E-state index contributed by atoms with van der Waals surface area (Å²) in [5.74, 6) is -1.72. The van der Waals surface area contributed by atoms with Crippen LogP contribution >= 0.6 is 0 Å².